The van der Waals surface area contributed by atoms with E-state index in [1.807, 2.05) is 18.2 Å². The summed E-state index contributed by atoms with van der Waals surface area (Å²) < 4.78 is 24.1. The molecule has 0 bridgehead atoms. The van der Waals surface area contributed by atoms with E-state index >= 15 is 0 Å². The van der Waals surface area contributed by atoms with E-state index in [9.17, 15) is 9.18 Å². The molecule has 114 valence electrons. The summed E-state index contributed by atoms with van der Waals surface area (Å²) >= 11 is 5.67. The van der Waals surface area contributed by atoms with Crippen molar-refractivity contribution < 1.29 is 18.7 Å². The van der Waals surface area contributed by atoms with Crippen molar-refractivity contribution in [2.75, 3.05) is 12.1 Å². The first-order valence-corrected chi connectivity index (χ1v) is 7.13. The molecule has 0 saturated carbocycles. The van der Waals surface area contributed by atoms with Crippen LogP contribution >= 0.6 is 11.6 Å². The van der Waals surface area contributed by atoms with Crippen LogP contribution in [0.1, 0.15) is 12.0 Å². The van der Waals surface area contributed by atoms with Gasteiger partial charge in [-0.05, 0) is 42.3 Å². The predicted molar refractivity (Wildman–Crippen MR) is 80.9 cm³/mol. The lowest BCUT2D eigenvalue weighted by molar-refractivity contribution is -0.116. The quantitative estimate of drug-likeness (QED) is 0.932. The Morgan fingerprint density at radius 1 is 1.18 bits per heavy atom. The number of fused-ring (bicyclic) bond motifs is 1. The summed E-state index contributed by atoms with van der Waals surface area (Å²) in [7, 11) is 0. The zero-order valence-electron chi connectivity index (χ0n) is 11.6. The molecule has 0 spiro atoms. The second-order valence-electron chi connectivity index (χ2n) is 4.86. The molecule has 4 nitrogen and oxygen atoms in total. The third kappa shape index (κ3) is 3.31. The standard InChI is InChI=1S/C16H13ClFNO3/c17-11-3-4-13(12(18)8-11)19-16(20)6-2-10-1-5-14-15(7-10)22-9-21-14/h1,3-5,7-8H,2,6,9H2,(H,19,20). The first-order valence-electron chi connectivity index (χ1n) is 6.75. The number of carbonyl (C=O) groups is 1. The Morgan fingerprint density at radius 3 is 2.82 bits per heavy atom. The van der Waals surface area contributed by atoms with Gasteiger partial charge < -0.3 is 14.8 Å². The highest BCUT2D eigenvalue weighted by atomic mass is 35.5. The van der Waals surface area contributed by atoms with Crippen LogP contribution < -0.4 is 14.8 Å². The highest BCUT2D eigenvalue weighted by molar-refractivity contribution is 6.30. The molecule has 3 rings (SSSR count). The fourth-order valence-electron chi connectivity index (χ4n) is 2.16. The van der Waals surface area contributed by atoms with Gasteiger partial charge in [-0.2, -0.15) is 0 Å². The van der Waals surface area contributed by atoms with Gasteiger partial charge >= 0.3 is 0 Å². The lowest BCUT2D eigenvalue weighted by atomic mass is 10.1. The topological polar surface area (TPSA) is 47.6 Å². The van der Waals surface area contributed by atoms with Gasteiger partial charge in [-0.15, -0.1) is 0 Å². The SMILES string of the molecule is O=C(CCc1ccc2c(c1)OCO2)Nc1ccc(Cl)cc1F. The van der Waals surface area contributed by atoms with Crippen LogP contribution in [0.2, 0.25) is 5.02 Å². The van der Waals surface area contributed by atoms with Gasteiger partial charge in [0.05, 0.1) is 5.69 Å². The Morgan fingerprint density at radius 2 is 2.00 bits per heavy atom. The van der Waals surface area contributed by atoms with E-state index in [0.717, 1.165) is 11.6 Å². The third-order valence-electron chi connectivity index (χ3n) is 3.28. The molecule has 2 aromatic rings. The van der Waals surface area contributed by atoms with Crippen LogP contribution in [0, 0.1) is 5.82 Å². The van der Waals surface area contributed by atoms with Gasteiger partial charge in [-0.1, -0.05) is 17.7 Å². The Balaban J connectivity index is 1.58. The van der Waals surface area contributed by atoms with Crippen LogP contribution in [-0.2, 0) is 11.2 Å². The van der Waals surface area contributed by atoms with Gasteiger partial charge in [0.25, 0.3) is 0 Å². The molecular weight excluding hydrogens is 309 g/mol. The van der Waals surface area contributed by atoms with Crippen molar-refractivity contribution in [3.63, 3.8) is 0 Å². The zero-order chi connectivity index (χ0) is 15.5. The van der Waals surface area contributed by atoms with Gasteiger partial charge in [0.1, 0.15) is 5.82 Å². The number of aryl methyl sites for hydroxylation is 1. The number of hydrogen-bond donors (Lipinski definition) is 1. The molecule has 22 heavy (non-hydrogen) atoms. The monoisotopic (exact) mass is 321 g/mol. The molecule has 6 heteroatoms. The second kappa shape index (κ2) is 6.23. The van der Waals surface area contributed by atoms with E-state index < -0.39 is 5.82 Å². The van der Waals surface area contributed by atoms with Gasteiger partial charge in [0, 0.05) is 11.4 Å². The molecular formula is C16H13ClFNO3. The fraction of sp³-hybridized carbons (Fsp3) is 0.188. The van der Waals surface area contributed by atoms with Crippen LogP contribution in [0.3, 0.4) is 0 Å². The first-order chi connectivity index (χ1) is 10.6. The molecule has 0 radical (unpaired) electrons. The summed E-state index contributed by atoms with van der Waals surface area (Å²) in [6.45, 7) is 0.217. The molecule has 1 aliphatic heterocycles. The van der Waals surface area contributed by atoms with Crippen LogP contribution in [0.4, 0.5) is 10.1 Å². The lowest BCUT2D eigenvalue weighted by Crippen LogP contribution is -2.13. The number of amides is 1. The number of hydrogen-bond acceptors (Lipinski definition) is 3. The molecule has 1 aliphatic rings. The van der Waals surface area contributed by atoms with Gasteiger partial charge in [-0.25, -0.2) is 4.39 Å². The molecule has 0 unspecified atom stereocenters. The highest BCUT2D eigenvalue weighted by Gasteiger charge is 2.14. The maximum absolute atomic E-state index is 13.6. The normalized spacial score (nSPS) is 12.3. The molecule has 0 atom stereocenters. The van der Waals surface area contributed by atoms with Gasteiger partial charge in [-0.3, -0.25) is 4.79 Å². The minimum atomic E-state index is -0.552. The molecule has 1 N–H and O–H groups in total. The number of ether oxygens (including phenoxy) is 2. The predicted octanol–water partition coefficient (Wildman–Crippen LogP) is 3.78. The fourth-order valence-corrected chi connectivity index (χ4v) is 2.32. The maximum Gasteiger partial charge on any atom is 0.231 e. The molecule has 0 aliphatic carbocycles. The largest absolute Gasteiger partial charge is 0.454 e. The van der Waals surface area contributed by atoms with Crippen LogP contribution in [0.25, 0.3) is 0 Å². The minimum Gasteiger partial charge on any atom is -0.454 e. The highest BCUT2D eigenvalue weighted by Crippen LogP contribution is 2.32. The van der Waals surface area contributed by atoms with E-state index in [4.69, 9.17) is 21.1 Å². The maximum atomic E-state index is 13.6. The molecule has 0 aromatic heterocycles. The Kier molecular flexibility index (Phi) is 4.15. The van der Waals surface area contributed by atoms with E-state index in [2.05, 4.69) is 5.32 Å². The van der Waals surface area contributed by atoms with E-state index in [1.54, 1.807) is 0 Å². The van der Waals surface area contributed by atoms with Gasteiger partial charge in [0.2, 0.25) is 12.7 Å². The van der Waals surface area contributed by atoms with Gasteiger partial charge in [0.15, 0.2) is 11.5 Å². The number of rotatable bonds is 4. The summed E-state index contributed by atoms with van der Waals surface area (Å²) in [5.41, 5.74) is 1.08. The summed E-state index contributed by atoms with van der Waals surface area (Å²) in [6.07, 6.45) is 0.763. The van der Waals surface area contributed by atoms with E-state index in [0.29, 0.717) is 17.9 Å². The third-order valence-corrected chi connectivity index (χ3v) is 3.52. The Labute approximate surface area is 131 Å². The van der Waals surface area contributed by atoms with Crippen molar-refractivity contribution in [2.24, 2.45) is 0 Å². The van der Waals surface area contributed by atoms with Crippen LogP contribution in [0.5, 0.6) is 11.5 Å². The van der Waals surface area contributed by atoms with Crippen LogP contribution in [-0.4, -0.2) is 12.7 Å². The zero-order valence-corrected chi connectivity index (χ0v) is 12.3. The number of halogens is 2. The smallest absolute Gasteiger partial charge is 0.231 e. The number of carbonyl (C=O) groups excluding carboxylic acids is 1. The van der Waals surface area contributed by atoms with Crippen molar-refractivity contribution in [1.29, 1.82) is 0 Å². The summed E-state index contributed by atoms with van der Waals surface area (Å²) in [5, 5.41) is 2.82. The number of benzene rings is 2. The molecule has 2 aromatic carbocycles. The lowest BCUT2D eigenvalue weighted by Gasteiger charge is -2.07. The van der Waals surface area contributed by atoms with Crippen molar-refractivity contribution in [3.05, 3.63) is 52.8 Å². The molecule has 0 saturated heterocycles. The minimum absolute atomic E-state index is 0.125. The first kappa shape index (κ1) is 14.7. The van der Waals surface area contributed by atoms with Crippen LogP contribution in [0.15, 0.2) is 36.4 Å². The number of anilines is 1. The van der Waals surface area contributed by atoms with Crippen molar-refractivity contribution in [3.8, 4) is 11.5 Å². The van der Waals surface area contributed by atoms with E-state index in [-0.39, 0.29) is 29.8 Å². The average molecular weight is 322 g/mol. The van der Waals surface area contributed by atoms with Crippen molar-refractivity contribution in [2.45, 2.75) is 12.8 Å². The Bertz CT molecular complexity index is 721. The summed E-state index contributed by atoms with van der Waals surface area (Å²) in [5.74, 6) is 0.570. The molecule has 1 amide bonds. The van der Waals surface area contributed by atoms with Crippen molar-refractivity contribution >= 4 is 23.2 Å². The number of nitrogens with one attached hydrogen (secondary N) is 1. The summed E-state index contributed by atoms with van der Waals surface area (Å²) in [4.78, 5) is 11.9. The second-order valence-corrected chi connectivity index (χ2v) is 5.30. The van der Waals surface area contributed by atoms with Crippen molar-refractivity contribution in [1.82, 2.24) is 0 Å². The average Bonchev–Trinajstić information content (AvgIpc) is 2.95. The van der Waals surface area contributed by atoms with E-state index in [1.165, 1.54) is 12.1 Å². The molecule has 1 heterocycles. The Hall–Kier alpha value is -2.27. The summed E-state index contributed by atoms with van der Waals surface area (Å²) in [6, 6.07) is 9.67. The molecule has 0 fully saturated rings.